The minimum absolute atomic E-state index is 0.0697. The topological polar surface area (TPSA) is 73.9 Å². The number of allylic oxidation sites excluding steroid dienone is 2. The minimum atomic E-state index is -0.575. The molecule has 0 unspecified atom stereocenters. The molecule has 2 aliphatic heterocycles. The molecule has 0 amide bonds. The summed E-state index contributed by atoms with van der Waals surface area (Å²) in [6.07, 6.45) is 9.05. The lowest BCUT2D eigenvalue weighted by Gasteiger charge is -2.40. The van der Waals surface area contributed by atoms with Gasteiger partial charge in [0.25, 0.3) is 0 Å². The van der Waals surface area contributed by atoms with E-state index in [4.69, 9.17) is 14.2 Å². The number of ether oxygens (including phenoxy) is 3. The van der Waals surface area contributed by atoms with E-state index in [-0.39, 0.29) is 35.9 Å². The smallest absolute Gasteiger partial charge is 0.309 e. The highest BCUT2D eigenvalue weighted by Gasteiger charge is 2.55. The predicted octanol–water partition coefficient (Wildman–Crippen LogP) is 2.61. The van der Waals surface area contributed by atoms with Gasteiger partial charge in [0.15, 0.2) is 5.60 Å². The lowest BCUT2D eigenvalue weighted by Crippen LogP contribution is -2.56. The fourth-order valence-corrected chi connectivity index (χ4v) is 4.15. The zero-order chi connectivity index (χ0) is 19.2. The van der Waals surface area contributed by atoms with Crippen molar-refractivity contribution in [3.05, 3.63) is 12.2 Å². The number of nitrogens with one attached hydrogen (secondary N) is 1. The van der Waals surface area contributed by atoms with Crippen LogP contribution in [0.1, 0.15) is 52.4 Å². The third kappa shape index (κ3) is 4.65. The normalized spacial score (nSPS) is 33.2. The number of hydrogen-bond acceptors (Lipinski definition) is 6. The maximum Gasteiger partial charge on any atom is 0.309 e. The summed E-state index contributed by atoms with van der Waals surface area (Å²) in [5.74, 6) is -0.531. The van der Waals surface area contributed by atoms with Gasteiger partial charge in [0.2, 0.25) is 0 Å². The van der Waals surface area contributed by atoms with E-state index in [0.29, 0.717) is 12.8 Å². The summed E-state index contributed by atoms with van der Waals surface area (Å²) in [4.78, 5) is 23.6. The van der Waals surface area contributed by atoms with E-state index < -0.39 is 5.60 Å². The average molecular weight is 367 g/mol. The second kappa shape index (κ2) is 9.51. The molecule has 148 valence electrons. The van der Waals surface area contributed by atoms with Gasteiger partial charge < -0.3 is 19.5 Å². The van der Waals surface area contributed by atoms with E-state index in [1.54, 1.807) is 7.11 Å². The van der Waals surface area contributed by atoms with Crippen molar-refractivity contribution in [2.24, 2.45) is 11.8 Å². The Bertz CT molecular complexity index is 520. The monoisotopic (exact) mass is 367 g/mol. The van der Waals surface area contributed by atoms with Crippen molar-refractivity contribution < 1.29 is 23.8 Å². The molecule has 0 saturated carbocycles. The number of esters is 2. The van der Waals surface area contributed by atoms with Gasteiger partial charge in [-0.05, 0) is 38.6 Å². The molecule has 2 rings (SSSR count). The zero-order valence-corrected chi connectivity index (χ0v) is 16.5. The molecule has 0 radical (unpaired) electrons. The van der Waals surface area contributed by atoms with Crippen molar-refractivity contribution in [1.82, 2.24) is 5.32 Å². The largest absolute Gasteiger partial charge is 0.469 e. The Morgan fingerprint density at radius 2 is 2.19 bits per heavy atom. The van der Waals surface area contributed by atoms with Crippen LogP contribution in [0.5, 0.6) is 0 Å². The van der Waals surface area contributed by atoms with Crippen molar-refractivity contribution in [3.8, 4) is 0 Å². The second-order valence-electron chi connectivity index (χ2n) is 7.56. The Hall–Kier alpha value is -1.40. The first-order chi connectivity index (χ1) is 12.4. The van der Waals surface area contributed by atoms with Gasteiger partial charge >= 0.3 is 11.9 Å². The van der Waals surface area contributed by atoms with Crippen LogP contribution in [0, 0.1) is 11.8 Å². The van der Waals surface area contributed by atoms with Crippen molar-refractivity contribution in [3.63, 3.8) is 0 Å². The van der Waals surface area contributed by atoms with E-state index in [9.17, 15) is 9.59 Å². The minimum Gasteiger partial charge on any atom is -0.469 e. The molecular weight excluding hydrogens is 334 g/mol. The van der Waals surface area contributed by atoms with Crippen LogP contribution < -0.4 is 5.32 Å². The lowest BCUT2D eigenvalue weighted by atomic mass is 9.80. The van der Waals surface area contributed by atoms with Crippen LogP contribution in [-0.4, -0.2) is 50.4 Å². The summed E-state index contributed by atoms with van der Waals surface area (Å²) in [5, 5.41) is 3.58. The highest BCUT2D eigenvalue weighted by Crippen LogP contribution is 2.42. The molecule has 2 aliphatic rings. The first-order valence-electron chi connectivity index (χ1n) is 9.66. The van der Waals surface area contributed by atoms with Gasteiger partial charge in [-0.15, -0.1) is 0 Å². The molecule has 0 bridgehead atoms. The number of carbonyl (C=O) groups is 2. The number of methoxy groups -OCH3 is 2. The molecule has 26 heavy (non-hydrogen) atoms. The summed E-state index contributed by atoms with van der Waals surface area (Å²) in [7, 11) is 3.12. The SMILES string of the molecule is COC(=O)[C@@H](C)C/C=C\CC[C@@H]1NCCC[C@@H](OC)[C@]12C[C@@H](C)C(=O)O2. The van der Waals surface area contributed by atoms with E-state index in [2.05, 4.69) is 11.4 Å². The van der Waals surface area contributed by atoms with Crippen LogP contribution in [0.2, 0.25) is 0 Å². The molecule has 0 aromatic rings. The van der Waals surface area contributed by atoms with Crippen LogP contribution in [0.25, 0.3) is 0 Å². The molecule has 6 heteroatoms. The number of hydrogen-bond donors (Lipinski definition) is 1. The molecule has 0 aromatic heterocycles. The average Bonchev–Trinajstić information content (AvgIpc) is 2.83. The van der Waals surface area contributed by atoms with Crippen LogP contribution in [-0.2, 0) is 23.8 Å². The van der Waals surface area contributed by atoms with Gasteiger partial charge in [0.05, 0.1) is 25.0 Å². The summed E-state index contributed by atoms with van der Waals surface area (Å²) < 4.78 is 16.4. The van der Waals surface area contributed by atoms with Crippen molar-refractivity contribution in [1.29, 1.82) is 0 Å². The van der Waals surface area contributed by atoms with Gasteiger partial charge in [0.1, 0.15) is 0 Å². The van der Waals surface area contributed by atoms with Gasteiger partial charge in [-0.1, -0.05) is 26.0 Å². The maximum atomic E-state index is 12.1. The molecule has 2 saturated heterocycles. The van der Waals surface area contributed by atoms with Crippen LogP contribution in [0.4, 0.5) is 0 Å². The molecule has 0 aromatic carbocycles. The van der Waals surface area contributed by atoms with Crippen LogP contribution >= 0.6 is 0 Å². The predicted molar refractivity (Wildman–Crippen MR) is 98.6 cm³/mol. The Morgan fingerprint density at radius 3 is 2.81 bits per heavy atom. The standard InChI is InChI=1S/C20H33NO5/c1-14(18(22)25-4)9-6-5-7-10-16-20(13-15(2)19(23)26-20)17(24-3)11-8-12-21-16/h5-6,14-17,21H,7-13H2,1-4H3/b6-5-/t14-,15+,16-,17+,20-/m0/s1. The molecule has 2 fully saturated rings. The van der Waals surface area contributed by atoms with Crippen molar-refractivity contribution >= 4 is 11.9 Å². The third-order valence-electron chi connectivity index (χ3n) is 5.65. The number of carbonyl (C=O) groups excluding carboxylic acids is 2. The Morgan fingerprint density at radius 1 is 1.42 bits per heavy atom. The molecular formula is C20H33NO5. The van der Waals surface area contributed by atoms with Crippen LogP contribution in [0.3, 0.4) is 0 Å². The molecule has 6 nitrogen and oxygen atoms in total. The molecule has 1 N–H and O–H groups in total. The zero-order valence-electron chi connectivity index (χ0n) is 16.5. The fourth-order valence-electron chi connectivity index (χ4n) is 4.15. The molecule has 5 atom stereocenters. The highest BCUT2D eigenvalue weighted by atomic mass is 16.6. The van der Waals surface area contributed by atoms with E-state index >= 15 is 0 Å². The second-order valence-corrected chi connectivity index (χ2v) is 7.56. The Labute approximate surface area is 156 Å². The Balaban J connectivity index is 1.99. The molecule has 1 spiro atoms. The summed E-state index contributed by atoms with van der Waals surface area (Å²) in [5.41, 5.74) is -0.575. The highest BCUT2D eigenvalue weighted by molar-refractivity contribution is 5.75. The van der Waals surface area contributed by atoms with Gasteiger partial charge in [-0.3, -0.25) is 9.59 Å². The van der Waals surface area contributed by atoms with Crippen LogP contribution in [0.15, 0.2) is 12.2 Å². The van der Waals surface area contributed by atoms with Crippen molar-refractivity contribution in [2.75, 3.05) is 20.8 Å². The Kier molecular flexibility index (Phi) is 7.65. The molecule has 0 aliphatic carbocycles. The quantitative estimate of drug-likeness (QED) is 0.551. The van der Waals surface area contributed by atoms with E-state index in [1.165, 1.54) is 7.11 Å². The van der Waals surface area contributed by atoms with E-state index in [1.807, 2.05) is 19.9 Å². The van der Waals surface area contributed by atoms with Gasteiger partial charge in [-0.25, -0.2) is 0 Å². The lowest BCUT2D eigenvalue weighted by molar-refractivity contribution is -0.167. The first-order valence-corrected chi connectivity index (χ1v) is 9.66. The number of rotatable bonds is 7. The summed E-state index contributed by atoms with van der Waals surface area (Å²) in [6, 6.07) is 0.0755. The third-order valence-corrected chi connectivity index (χ3v) is 5.65. The maximum absolute atomic E-state index is 12.1. The van der Waals surface area contributed by atoms with Crippen molar-refractivity contribution in [2.45, 2.75) is 70.1 Å². The summed E-state index contributed by atoms with van der Waals surface area (Å²) >= 11 is 0. The molecule has 2 heterocycles. The van der Waals surface area contributed by atoms with E-state index in [0.717, 1.165) is 32.2 Å². The summed E-state index contributed by atoms with van der Waals surface area (Å²) in [6.45, 7) is 4.70. The first kappa shape index (κ1) is 20.9. The fraction of sp³-hybridized carbons (Fsp3) is 0.800. The van der Waals surface area contributed by atoms with Gasteiger partial charge in [0, 0.05) is 19.6 Å². The van der Waals surface area contributed by atoms with Gasteiger partial charge in [-0.2, -0.15) is 0 Å².